The first-order chi connectivity index (χ1) is 7.65. The third-order valence-corrected chi connectivity index (χ3v) is 3.13. The summed E-state index contributed by atoms with van der Waals surface area (Å²) in [4.78, 5) is 0. The molecule has 0 aromatic heterocycles. The molecule has 2 heteroatoms. The van der Waals surface area contributed by atoms with E-state index in [2.05, 4.69) is 13.0 Å². The molecule has 0 saturated heterocycles. The highest BCUT2D eigenvalue weighted by Gasteiger charge is 2.02. The van der Waals surface area contributed by atoms with Crippen LogP contribution in [0.25, 0.3) is 0 Å². The van der Waals surface area contributed by atoms with Crippen LogP contribution in [0.3, 0.4) is 0 Å². The van der Waals surface area contributed by atoms with Crippen molar-refractivity contribution in [1.82, 2.24) is 0 Å². The van der Waals surface area contributed by atoms with Crippen LogP contribution >= 0.6 is 23.2 Å². The fourth-order valence-corrected chi connectivity index (χ4v) is 1.97. The molecule has 2 aromatic rings. The van der Waals surface area contributed by atoms with Gasteiger partial charge in [0.05, 0.1) is 0 Å². The van der Waals surface area contributed by atoms with Crippen LogP contribution in [0, 0.1) is 6.92 Å². The molecule has 0 aliphatic carbocycles. The van der Waals surface area contributed by atoms with Gasteiger partial charge in [0.1, 0.15) is 0 Å². The Labute approximate surface area is 106 Å². The Morgan fingerprint density at radius 3 is 2.31 bits per heavy atom. The molecule has 0 nitrogen and oxygen atoms in total. The quantitative estimate of drug-likeness (QED) is 0.712. The van der Waals surface area contributed by atoms with E-state index in [0.717, 1.165) is 22.0 Å². The van der Waals surface area contributed by atoms with E-state index in [1.807, 2.05) is 36.4 Å². The standard InChI is InChI=1S/C14H12Cl2/c1-10-2-7-14(16)12(8-10)9-11-3-5-13(15)6-4-11/h2-8H,9H2,1H3. The van der Waals surface area contributed by atoms with Crippen molar-refractivity contribution in [2.24, 2.45) is 0 Å². The van der Waals surface area contributed by atoms with Crippen molar-refractivity contribution in [2.45, 2.75) is 13.3 Å². The van der Waals surface area contributed by atoms with Gasteiger partial charge >= 0.3 is 0 Å². The molecule has 0 amide bonds. The van der Waals surface area contributed by atoms with Gasteiger partial charge in [-0.15, -0.1) is 0 Å². The van der Waals surface area contributed by atoms with E-state index in [-0.39, 0.29) is 0 Å². The minimum Gasteiger partial charge on any atom is -0.0843 e. The summed E-state index contributed by atoms with van der Waals surface area (Å²) in [5, 5.41) is 1.58. The van der Waals surface area contributed by atoms with Gasteiger partial charge in [-0.25, -0.2) is 0 Å². The smallest absolute Gasteiger partial charge is 0.0441 e. The van der Waals surface area contributed by atoms with E-state index in [1.165, 1.54) is 11.1 Å². The van der Waals surface area contributed by atoms with Crippen molar-refractivity contribution in [3.05, 3.63) is 69.2 Å². The molecular formula is C14H12Cl2. The molecule has 0 fully saturated rings. The lowest BCUT2D eigenvalue weighted by molar-refractivity contribution is 1.18. The highest BCUT2D eigenvalue weighted by Crippen LogP contribution is 2.21. The van der Waals surface area contributed by atoms with E-state index in [9.17, 15) is 0 Å². The first kappa shape index (κ1) is 11.5. The van der Waals surface area contributed by atoms with Gasteiger partial charge in [0, 0.05) is 10.0 Å². The van der Waals surface area contributed by atoms with Gasteiger partial charge in [0.15, 0.2) is 0 Å². The average Bonchev–Trinajstić information content (AvgIpc) is 2.27. The minimum absolute atomic E-state index is 0.763. The van der Waals surface area contributed by atoms with Gasteiger partial charge in [0.25, 0.3) is 0 Å². The Morgan fingerprint density at radius 2 is 1.62 bits per heavy atom. The first-order valence-electron chi connectivity index (χ1n) is 5.14. The number of rotatable bonds is 2. The average molecular weight is 251 g/mol. The summed E-state index contributed by atoms with van der Waals surface area (Å²) < 4.78 is 0. The zero-order chi connectivity index (χ0) is 11.5. The van der Waals surface area contributed by atoms with Crippen LogP contribution in [0.2, 0.25) is 10.0 Å². The lowest BCUT2D eigenvalue weighted by atomic mass is 10.0. The van der Waals surface area contributed by atoms with Gasteiger partial charge in [-0.3, -0.25) is 0 Å². The zero-order valence-corrected chi connectivity index (χ0v) is 10.5. The van der Waals surface area contributed by atoms with Crippen molar-refractivity contribution < 1.29 is 0 Å². The van der Waals surface area contributed by atoms with Crippen LogP contribution in [0.5, 0.6) is 0 Å². The van der Waals surface area contributed by atoms with Crippen molar-refractivity contribution >= 4 is 23.2 Å². The van der Waals surface area contributed by atoms with E-state index in [4.69, 9.17) is 23.2 Å². The summed E-state index contributed by atoms with van der Waals surface area (Å²) in [6.07, 6.45) is 0.845. The van der Waals surface area contributed by atoms with Crippen LogP contribution in [0.15, 0.2) is 42.5 Å². The Kier molecular flexibility index (Phi) is 3.52. The molecule has 0 heterocycles. The van der Waals surface area contributed by atoms with Gasteiger partial charge in [-0.1, -0.05) is 53.0 Å². The normalized spacial score (nSPS) is 10.4. The Hall–Kier alpha value is -0.980. The lowest BCUT2D eigenvalue weighted by Gasteiger charge is -2.06. The maximum absolute atomic E-state index is 6.15. The van der Waals surface area contributed by atoms with E-state index in [0.29, 0.717) is 0 Å². The second kappa shape index (κ2) is 4.90. The third kappa shape index (κ3) is 2.78. The molecule has 0 bridgehead atoms. The number of benzene rings is 2. The molecule has 82 valence electrons. The topological polar surface area (TPSA) is 0 Å². The van der Waals surface area contributed by atoms with Gasteiger partial charge in [-0.05, 0) is 42.7 Å². The molecule has 0 atom stereocenters. The van der Waals surface area contributed by atoms with Crippen LogP contribution < -0.4 is 0 Å². The highest BCUT2D eigenvalue weighted by molar-refractivity contribution is 6.31. The molecule has 0 unspecified atom stereocenters. The summed E-state index contributed by atoms with van der Waals surface area (Å²) in [6.45, 7) is 2.07. The maximum atomic E-state index is 6.15. The SMILES string of the molecule is Cc1ccc(Cl)c(Cc2ccc(Cl)cc2)c1. The zero-order valence-electron chi connectivity index (χ0n) is 9.00. The molecule has 2 rings (SSSR count). The summed E-state index contributed by atoms with van der Waals surface area (Å²) in [5.41, 5.74) is 3.61. The monoisotopic (exact) mass is 250 g/mol. The second-order valence-corrected chi connectivity index (χ2v) is 4.74. The summed E-state index contributed by atoms with van der Waals surface area (Å²) in [6, 6.07) is 14.0. The van der Waals surface area contributed by atoms with Gasteiger partial charge < -0.3 is 0 Å². The summed E-state index contributed by atoms with van der Waals surface area (Å²) in [7, 11) is 0. The van der Waals surface area contributed by atoms with E-state index in [1.54, 1.807) is 0 Å². The van der Waals surface area contributed by atoms with Crippen molar-refractivity contribution in [3.8, 4) is 0 Å². The molecule has 16 heavy (non-hydrogen) atoms. The molecular weight excluding hydrogens is 239 g/mol. The summed E-state index contributed by atoms with van der Waals surface area (Å²) >= 11 is 12.0. The predicted octanol–water partition coefficient (Wildman–Crippen LogP) is 4.89. The third-order valence-electron chi connectivity index (χ3n) is 2.51. The Balaban J connectivity index is 2.26. The van der Waals surface area contributed by atoms with Crippen molar-refractivity contribution in [1.29, 1.82) is 0 Å². The van der Waals surface area contributed by atoms with Crippen LogP contribution in [-0.2, 0) is 6.42 Å². The Bertz CT molecular complexity index is 487. The fraction of sp³-hybridized carbons (Fsp3) is 0.143. The highest BCUT2D eigenvalue weighted by atomic mass is 35.5. The molecule has 0 spiro atoms. The number of aryl methyl sites for hydroxylation is 1. The lowest BCUT2D eigenvalue weighted by Crippen LogP contribution is -1.90. The number of halogens is 2. The van der Waals surface area contributed by atoms with E-state index < -0.39 is 0 Å². The minimum atomic E-state index is 0.763. The number of hydrogen-bond donors (Lipinski definition) is 0. The predicted molar refractivity (Wildman–Crippen MR) is 70.4 cm³/mol. The molecule has 0 aliphatic rings. The van der Waals surface area contributed by atoms with Crippen LogP contribution in [-0.4, -0.2) is 0 Å². The van der Waals surface area contributed by atoms with Gasteiger partial charge in [0.2, 0.25) is 0 Å². The second-order valence-electron chi connectivity index (χ2n) is 3.90. The molecule has 0 N–H and O–H groups in total. The van der Waals surface area contributed by atoms with Crippen molar-refractivity contribution in [3.63, 3.8) is 0 Å². The Morgan fingerprint density at radius 1 is 0.938 bits per heavy atom. The molecule has 2 aromatic carbocycles. The summed E-state index contributed by atoms with van der Waals surface area (Å²) in [5.74, 6) is 0. The van der Waals surface area contributed by atoms with Crippen LogP contribution in [0.4, 0.5) is 0 Å². The molecule has 0 radical (unpaired) electrons. The van der Waals surface area contributed by atoms with Crippen LogP contribution in [0.1, 0.15) is 16.7 Å². The first-order valence-corrected chi connectivity index (χ1v) is 5.90. The van der Waals surface area contributed by atoms with E-state index >= 15 is 0 Å². The number of hydrogen-bond acceptors (Lipinski definition) is 0. The molecule has 0 saturated carbocycles. The largest absolute Gasteiger partial charge is 0.0843 e. The molecule has 0 aliphatic heterocycles. The van der Waals surface area contributed by atoms with Gasteiger partial charge in [-0.2, -0.15) is 0 Å². The fourth-order valence-electron chi connectivity index (χ4n) is 1.66. The maximum Gasteiger partial charge on any atom is 0.0441 e. The van der Waals surface area contributed by atoms with Crippen molar-refractivity contribution in [2.75, 3.05) is 0 Å².